The number of nitrogens with one attached hydrogen (secondary N) is 1. The number of rotatable bonds is 9. The van der Waals surface area contributed by atoms with Crippen molar-refractivity contribution in [1.82, 2.24) is 10.2 Å². The number of benzene rings is 2. The normalized spacial score (nSPS) is 15.0. The molecule has 1 N–H and O–H groups in total. The number of carbonyl (C=O) groups is 2. The summed E-state index contributed by atoms with van der Waals surface area (Å²) in [4.78, 5) is 28.1. The van der Waals surface area contributed by atoms with E-state index in [0.717, 1.165) is 36.8 Å². The molecule has 0 radical (unpaired) electrons. The Kier molecular flexibility index (Phi) is 8.00. The molecule has 0 unspecified atom stereocenters. The highest BCUT2D eigenvalue weighted by Gasteiger charge is 2.31. The van der Waals surface area contributed by atoms with Crippen molar-refractivity contribution in [3.05, 3.63) is 71.5 Å². The fourth-order valence-electron chi connectivity index (χ4n) is 4.07. The lowest BCUT2D eigenvalue weighted by Crippen LogP contribution is -2.52. The molecular weight excluding hydrogens is 379 g/mol. The highest BCUT2D eigenvalue weighted by Crippen LogP contribution is 2.20. The van der Waals surface area contributed by atoms with Gasteiger partial charge in [0.05, 0.1) is 0 Å². The first-order valence-electron chi connectivity index (χ1n) is 10.9. The lowest BCUT2D eigenvalue weighted by Gasteiger charge is -2.32. The van der Waals surface area contributed by atoms with Crippen molar-refractivity contribution < 1.29 is 14.0 Å². The molecule has 5 heteroatoms. The molecule has 1 fully saturated rings. The molecule has 0 aromatic heterocycles. The van der Waals surface area contributed by atoms with Crippen LogP contribution in [-0.4, -0.2) is 28.8 Å². The van der Waals surface area contributed by atoms with E-state index >= 15 is 0 Å². The first kappa shape index (κ1) is 22.0. The van der Waals surface area contributed by atoms with Gasteiger partial charge in [0.15, 0.2) is 0 Å². The second kappa shape index (κ2) is 10.9. The summed E-state index contributed by atoms with van der Waals surface area (Å²) in [5, 5.41) is 3.18. The van der Waals surface area contributed by atoms with Gasteiger partial charge in [-0.2, -0.15) is 0 Å². The molecule has 1 aliphatic rings. The summed E-state index contributed by atoms with van der Waals surface area (Å²) < 4.78 is 13.4. The van der Waals surface area contributed by atoms with Crippen molar-refractivity contribution in [1.29, 1.82) is 0 Å². The molecule has 0 bridgehead atoms. The van der Waals surface area contributed by atoms with E-state index in [0.29, 0.717) is 19.3 Å². The Balaban J connectivity index is 1.87. The predicted octanol–water partition coefficient (Wildman–Crippen LogP) is 4.62. The van der Waals surface area contributed by atoms with Crippen molar-refractivity contribution in [3.8, 4) is 0 Å². The molecule has 1 atom stereocenters. The maximum Gasteiger partial charge on any atom is 0.243 e. The fraction of sp³-hybridized carbons (Fsp3) is 0.440. The third-order valence-electron chi connectivity index (χ3n) is 5.70. The van der Waals surface area contributed by atoms with Crippen LogP contribution in [0.3, 0.4) is 0 Å². The Morgan fingerprint density at radius 1 is 1.03 bits per heavy atom. The van der Waals surface area contributed by atoms with Crippen LogP contribution in [0.2, 0.25) is 0 Å². The third-order valence-corrected chi connectivity index (χ3v) is 5.70. The van der Waals surface area contributed by atoms with Gasteiger partial charge in [-0.25, -0.2) is 4.39 Å². The van der Waals surface area contributed by atoms with Gasteiger partial charge in [-0.05, 0) is 42.5 Å². The zero-order valence-electron chi connectivity index (χ0n) is 17.6. The zero-order valence-corrected chi connectivity index (χ0v) is 17.6. The Labute approximate surface area is 178 Å². The van der Waals surface area contributed by atoms with Crippen LogP contribution in [0.1, 0.15) is 56.6 Å². The summed E-state index contributed by atoms with van der Waals surface area (Å²) in [6, 6.07) is 15.5. The molecule has 0 aliphatic heterocycles. The molecule has 0 saturated heterocycles. The van der Waals surface area contributed by atoms with Crippen molar-refractivity contribution in [3.63, 3.8) is 0 Å². The number of carbonyl (C=O) groups excluding carboxylic acids is 2. The van der Waals surface area contributed by atoms with Crippen molar-refractivity contribution >= 4 is 11.8 Å². The zero-order chi connectivity index (χ0) is 21.3. The van der Waals surface area contributed by atoms with E-state index in [2.05, 4.69) is 5.32 Å². The van der Waals surface area contributed by atoms with Gasteiger partial charge >= 0.3 is 0 Å². The Hall–Kier alpha value is -2.69. The standard InChI is InChI=1S/C25H31FN2O2/c1-2-8-24(29)28(18-20-13-15-21(26)16-14-20)23(17-19-9-4-3-5-10-19)25(30)27-22-11-6-7-12-22/h3-5,9-10,13-16,22-23H,2,6-8,11-12,17-18H2,1H3,(H,27,30)/t23-/m1/s1. The summed E-state index contributed by atoms with van der Waals surface area (Å²) in [6.45, 7) is 2.24. The van der Waals surface area contributed by atoms with Gasteiger partial charge in [0, 0.05) is 25.4 Å². The molecule has 2 amide bonds. The average molecular weight is 411 g/mol. The minimum absolute atomic E-state index is 0.0515. The van der Waals surface area contributed by atoms with Gasteiger partial charge < -0.3 is 10.2 Å². The van der Waals surface area contributed by atoms with E-state index in [1.54, 1.807) is 17.0 Å². The van der Waals surface area contributed by atoms with E-state index in [-0.39, 0.29) is 30.2 Å². The van der Waals surface area contributed by atoms with Crippen molar-refractivity contribution in [2.45, 2.75) is 70.5 Å². The van der Waals surface area contributed by atoms with E-state index in [9.17, 15) is 14.0 Å². The summed E-state index contributed by atoms with van der Waals surface area (Å²) in [7, 11) is 0. The smallest absolute Gasteiger partial charge is 0.243 e. The molecule has 3 rings (SSSR count). The van der Waals surface area contributed by atoms with Crippen molar-refractivity contribution in [2.75, 3.05) is 0 Å². The van der Waals surface area contributed by atoms with E-state index < -0.39 is 6.04 Å². The molecule has 2 aromatic carbocycles. The lowest BCUT2D eigenvalue weighted by molar-refractivity contribution is -0.141. The monoisotopic (exact) mass is 410 g/mol. The topological polar surface area (TPSA) is 49.4 Å². The summed E-state index contributed by atoms with van der Waals surface area (Å²) >= 11 is 0. The Morgan fingerprint density at radius 2 is 1.70 bits per heavy atom. The highest BCUT2D eigenvalue weighted by molar-refractivity contribution is 5.88. The molecular formula is C25H31FN2O2. The Bertz CT molecular complexity index is 817. The maximum absolute atomic E-state index is 13.4. The number of nitrogens with zero attached hydrogens (tertiary/aromatic N) is 1. The molecule has 30 heavy (non-hydrogen) atoms. The van der Waals surface area contributed by atoms with Crippen LogP contribution in [0.5, 0.6) is 0 Å². The van der Waals surface area contributed by atoms with E-state index in [4.69, 9.17) is 0 Å². The first-order chi connectivity index (χ1) is 14.6. The first-order valence-corrected chi connectivity index (χ1v) is 10.9. The van der Waals surface area contributed by atoms with Crippen LogP contribution in [-0.2, 0) is 22.6 Å². The second-order valence-electron chi connectivity index (χ2n) is 8.09. The second-order valence-corrected chi connectivity index (χ2v) is 8.09. The largest absolute Gasteiger partial charge is 0.352 e. The number of hydrogen-bond donors (Lipinski definition) is 1. The van der Waals surface area contributed by atoms with Gasteiger partial charge in [-0.3, -0.25) is 9.59 Å². The van der Waals surface area contributed by atoms with Gasteiger partial charge in [0.1, 0.15) is 11.9 Å². The van der Waals surface area contributed by atoms with Crippen LogP contribution in [0, 0.1) is 5.82 Å². The number of halogens is 1. The molecule has 1 saturated carbocycles. The minimum atomic E-state index is -0.600. The highest BCUT2D eigenvalue weighted by atomic mass is 19.1. The van der Waals surface area contributed by atoms with E-state index in [1.807, 2.05) is 37.3 Å². The maximum atomic E-state index is 13.4. The molecule has 0 spiro atoms. The molecule has 1 aliphatic carbocycles. The van der Waals surface area contributed by atoms with E-state index in [1.165, 1.54) is 12.1 Å². The van der Waals surface area contributed by atoms with Crippen LogP contribution < -0.4 is 5.32 Å². The third kappa shape index (κ3) is 6.15. The van der Waals surface area contributed by atoms with Crippen LogP contribution in [0.4, 0.5) is 4.39 Å². The number of hydrogen-bond acceptors (Lipinski definition) is 2. The summed E-state index contributed by atoms with van der Waals surface area (Å²) in [5.74, 6) is -0.466. The van der Waals surface area contributed by atoms with Gasteiger partial charge in [0.25, 0.3) is 0 Å². The van der Waals surface area contributed by atoms with Crippen LogP contribution in [0.15, 0.2) is 54.6 Å². The summed E-state index contributed by atoms with van der Waals surface area (Å²) in [6.07, 6.45) is 5.78. The minimum Gasteiger partial charge on any atom is -0.352 e. The van der Waals surface area contributed by atoms with Gasteiger partial charge in [-0.1, -0.05) is 62.2 Å². The lowest BCUT2D eigenvalue weighted by atomic mass is 10.0. The van der Waals surface area contributed by atoms with Crippen molar-refractivity contribution in [2.24, 2.45) is 0 Å². The molecule has 4 nitrogen and oxygen atoms in total. The fourth-order valence-corrected chi connectivity index (χ4v) is 4.07. The molecule has 2 aromatic rings. The summed E-state index contributed by atoms with van der Waals surface area (Å²) in [5.41, 5.74) is 1.82. The van der Waals surface area contributed by atoms with Gasteiger partial charge in [0.2, 0.25) is 11.8 Å². The predicted molar refractivity (Wildman–Crippen MR) is 116 cm³/mol. The molecule has 160 valence electrons. The SMILES string of the molecule is CCCC(=O)N(Cc1ccc(F)cc1)[C@H](Cc1ccccc1)C(=O)NC1CCCC1. The number of amides is 2. The average Bonchev–Trinajstić information content (AvgIpc) is 3.26. The van der Waals surface area contributed by atoms with Gasteiger partial charge in [-0.15, -0.1) is 0 Å². The van der Waals surface area contributed by atoms with Crippen LogP contribution >= 0.6 is 0 Å². The van der Waals surface area contributed by atoms with Crippen LogP contribution in [0.25, 0.3) is 0 Å². The quantitative estimate of drug-likeness (QED) is 0.656. The Morgan fingerprint density at radius 3 is 2.33 bits per heavy atom. The molecule has 0 heterocycles.